The Balaban J connectivity index is 2.30. The zero-order valence-electron chi connectivity index (χ0n) is 11.8. The Labute approximate surface area is 122 Å². The molecule has 20 heavy (non-hydrogen) atoms. The number of rotatable bonds is 5. The molecule has 0 fully saturated rings. The normalized spacial score (nSPS) is 12.7. The van der Waals surface area contributed by atoms with E-state index >= 15 is 0 Å². The van der Waals surface area contributed by atoms with Gasteiger partial charge in [0, 0.05) is 0 Å². The monoisotopic (exact) mass is 296 g/mol. The average molecular weight is 297 g/mol. The summed E-state index contributed by atoms with van der Waals surface area (Å²) in [6.45, 7) is 7.03. The molecule has 108 valence electrons. The molecule has 0 aliphatic heterocycles. The topological polar surface area (TPSA) is 42.7 Å². The third kappa shape index (κ3) is 2.99. The lowest BCUT2D eigenvalue weighted by atomic mass is 10.2. The lowest BCUT2D eigenvalue weighted by Crippen LogP contribution is -2.20. The van der Waals surface area contributed by atoms with E-state index in [0.29, 0.717) is 5.69 Å². The maximum atomic E-state index is 13.2. The van der Waals surface area contributed by atoms with Gasteiger partial charge in [-0.3, -0.25) is 0 Å². The van der Waals surface area contributed by atoms with Gasteiger partial charge in [0.05, 0.1) is 22.4 Å². The summed E-state index contributed by atoms with van der Waals surface area (Å²) in [7, 11) is 0. The van der Waals surface area contributed by atoms with Crippen LogP contribution in [0.3, 0.4) is 0 Å². The first-order valence-electron chi connectivity index (χ1n) is 6.65. The fraction of sp³-hybridized carbons (Fsp3) is 0.429. The molecule has 1 aromatic heterocycles. The molecule has 0 spiro atoms. The summed E-state index contributed by atoms with van der Waals surface area (Å²) < 4.78 is 14.9. The lowest BCUT2D eigenvalue weighted by molar-refractivity contribution is 0.555. The van der Waals surface area contributed by atoms with Crippen LogP contribution in [0.25, 0.3) is 5.69 Å². The Kier molecular flexibility index (Phi) is 4.73. The summed E-state index contributed by atoms with van der Waals surface area (Å²) >= 11 is 5.81. The first-order chi connectivity index (χ1) is 9.54. The Morgan fingerprint density at radius 3 is 2.85 bits per heavy atom. The average Bonchev–Trinajstić information content (AvgIpc) is 2.81. The van der Waals surface area contributed by atoms with Gasteiger partial charge in [0.15, 0.2) is 0 Å². The van der Waals surface area contributed by atoms with Crippen LogP contribution in [0.1, 0.15) is 37.7 Å². The van der Waals surface area contributed by atoms with Crippen molar-refractivity contribution in [3.8, 4) is 5.69 Å². The van der Waals surface area contributed by atoms with Crippen molar-refractivity contribution in [2.75, 3.05) is 6.54 Å². The van der Waals surface area contributed by atoms with Gasteiger partial charge in [-0.15, -0.1) is 5.10 Å². The molecule has 2 rings (SSSR count). The van der Waals surface area contributed by atoms with Crippen molar-refractivity contribution < 1.29 is 4.39 Å². The predicted octanol–water partition coefficient (Wildman–Crippen LogP) is 3.43. The number of hydrogen-bond donors (Lipinski definition) is 1. The molecule has 0 aliphatic carbocycles. The van der Waals surface area contributed by atoms with Gasteiger partial charge in [0.2, 0.25) is 0 Å². The van der Waals surface area contributed by atoms with Gasteiger partial charge in [-0.1, -0.05) is 23.7 Å². The molecule has 1 atom stereocenters. The fourth-order valence-electron chi connectivity index (χ4n) is 2.06. The van der Waals surface area contributed by atoms with E-state index in [4.69, 9.17) is 11.6 Å². The van der Waals surface area contributed by atoms with Gasteiger partial charge in [0.25, 0.3) is 0 Å². The molecule has 6 heteroatoms. The van der Waals surface area contributed by atoms with Gasteiger partial charge in [0.1, 0.15) is 11.5 Å². The van der Waals surface area contributed by atoms with Crippen molar-refractivity contribution in [2.45, 2.75) is 33.2 Å². The molecule has 1 heterocycles. The summed E-state index contributed by atoms with van der Waals surface area (Å²) in [5.74, 6) is -0.439. The smallest absolute Gasteiger partial charge is 0.141 e. The third-order valence-electron chi connectivity index (χ3n) is 3.19. The molecule has 0 saturated heterocycles. The summed E-state index contributed by atoms with van der Waals surface area (Å²) in [5, 5.41) is 11.8. The van der Waals surface area contributed by atoms with Crippen LogP contribution in [0.2, 0.25) is 5.02 Å². The van der Waals surface area contributed by atoms with Gasteiger partial charge in [-0.25, -0.2) is 9.07 Å². The molecule has 1 aromatic carbocycles. The van der Waals surface area contributed by atoms with Gasteiger partial charge in [-0.05, 0) is 45.0 Å². The summed E-state index contributed by atoms with van der Waals surface area (Å²) in [4.78, 5) is 0. The van der Waals surface area contributed by atoms with Crippen LogP contribution in [-0.2, 0) is 0 Å². The van der Waals surface area contributed by atoms with Crippen molar-refractivity contribution in [3.05, 3.63) is 40.4 Å². The highest BCUT2D eigenvalue weighted by atomic mass is 35.5. The molecular formula is C14H18ClFN4. The fourth-order valence-corrected chi connectivity index (χ4v) is 2.24. The van der Waals surface area contributed by atoms with Crippen LogP contribution in [0.15, 0.2) is 18.2 Å². The second-order valence-electron chi connectivity index (χ2n) is 4.75. The van der Waals surface area contributed by atoms with Gasteiger partial charge in [-0.2, -0.15) is 0 Å². The Morgan fingerprint density at radius 2 is 2.20 bits per heavy atom. The molecule has 0 bridgehead atoms. The molecule has 0 saturated carbocycles. The maximum Gasteiger partial charge on any atom is 0.141 e. The Hall–Kier alpha value is -1.46. The van der Waals surface area contributed by atoms with Gasteiger partial charge < -0.3 is 5.32 Å². The van der Waals surface area contributed by atoms with Crippen molar-refractivity contribution in [2.24, 2.45) is 0 Å². The highest BCUT2D eigenvalue weighted by molar-refractivity contribution is 6.30. The largest absolute Gasteiger partial charge is 0.309 e. The molecule has 0 amide bonds. The van der Waals surface area contributed by atoms with Crippen LogP contribution in [0, 0.1) is 12.7 Å². The second kappa shape index (κ2) is 6.33. The number of hydrogen-bond acceptors (Lipinski definition) is 3. The lowest BCUT2D eigenvalue weighted by Gasteiger charge is -2.11. The van der Waals surface area contributed by atoms with E-state index in [1.54, 1.807) is 16.8 Å². The van der Waals surface area contributed by atoms with Crippen LogP contribution < -0.4 is 5.32 Å². The standard InChI is InChI=1S/C14H18ClFN4/c1-4-7-17-9(2)14-10(3)20(19-18-14)11-5-6-13(16)12(15)8-11/h5-6,8-9,17H,4,7H2,1-3H3. The number of aromatic nitrogens is 3. The molecule has 4 nitrogen and oxygen atoms in total. The zero-order chi connectivity index (χ0) is 14.7. The van der Waals surface area contributed by atoms with Crippen molar-refractivity contribution in [3.63, 3.8) is 0 Å². The van der Waals surface area contributed by atoms with Crippen LogP contribution >= 0.6 is 11.6 Å². The maximum absolute atomic E-state index is 13.2. The van der Waals surface area contributed by atoms with E-state index in [2.05, 4.69) is 29.5 Å². The van der Waals surface area contributed by atoms with E-state index < -0.39 is 5.82 Å². The van der Waals surface area contributed by atoms with Gasteiger partial charge >= 0.3 is 0 Å². The highest BCUT2D eigenvalue weighted by Crippen LogP contribution is 2.21. The minimum absolute atomic E-state index is 0.0797. The molecule has 0 aliphatic rings. The van der Waals surface area contributed by atoms with E-state index in [1.165, 1.54) is 6.07 Å². The van der Waals surface area contributed by atoms with Crippen LogP contribution in [-0.4, -0.2) is 21.5 Å². The van der Waals surface area contributed by atoms with E-state index in [9.17, 15) is 4.39 Å². The molecular weight excluding hydrogens is 279 g/mol. The predicted molar refractivity (Wildman–Crippen MR) is 77.8 cm³/mol. The molecule has 1 unspecified atom stereocenters. The number of halogens is 2. The minimum Gasteiger partial charge on any atom is -0.309 e. The van der Waals surface area contributed by atoms with Crippen molar-refractivity contribution in [1.29, 1.82) is 0 Å². The quantitative estimate of drug-likeness (QED) is 0.919. The van der Waals surface area contributed by atoms with E-state index in [1.807, 2.05) is 6.92 Å². The third-order valence-corrected chi connectivity index (χ3v) is 3.48. The summed E-state index contributed by atoms with van der Waals surface area (Å²) in [6, 6.07) is 4.64. The Bertz CT molecular complexity index is 597. The van der Waals surface area contributed by atoms with Crippen molar-refractivity contribution in [1.82, 2.24) is 20.3 Å². The first kappa shape index (κ1) is 14.9. The van der Waals surface area contributed by atoms with E-state index in [0.717, 1.165) is 24.4 Å². The molecule has 0 radical (unpaired) electrons. The molecule has 2 aromatic rings. The van der Waals surface area contributed by atoms with E-state index in [-0.39, 0.29) is 11.1 Å². The Morgan fingerprint density at radius 1 is 1.45 bits per heavy atom. The summed E-state index contributed by atoms with van der Waals surface area (Å²) in [5.41, 5.74) is 2.51. The number of benzene rings is 1. The SMILES string of the molecule is CCCNC(C)c1nnn(-c2ccc(F)c(Cl)c2)c1C. The highest BCUT2D eigenvalue weighted by Gasteiger charge is 2.16. The summed E-state index contributed by atoms with van der Waals surface area (Å²) in [6.07, 6.45) is 1.06. The number of nitrogens with zero attached hydrogens (tertiary/aromatic N) is 3. The first-order valence-corrected chi connectivity index (χ1v) is 7.03. The second-order valence-corrected chi connectivity index (χ2v) is 5.15. The zero-order valence-corrected chi connectivity index (χ0v) is 12.6. The minimum atomic E-state index is -0.439. The van der Waals surface area contributed by atoms with Crippen LogP contribution in [0.4, 0.5) is 4.39 Å². The van der Waals surface area contributed by atoms with Crippen LogP contribution in [0.5, 0.6) is 0 Å². The molecule has 1 N–H and O–H groups in total. The van der Waals surface area contributed by atoms with Crippen molar-refractivity contribution >= 4 is 11.6 Å². The number of nitrogens with one attached hydrogen (secondary N) is 1.